The number of carbonyl (C=O) groups excluding carboxylic acids is 1. The topological polar surface area (TPSA) is 296 Å². The molecule has 3 rings (SSSR count). The lowest BCUT2D eigenvalue weighted by molar-refractivity contribution is -0.142. The highest BCUT2D eigenvalue weighted by molar-refractivity contribution is 7.66. The Bertz CT molecular complexity index is 1630. The van der Waals surface area contributed by atoms with Crippen LogP contribution in [-0.2, 0) is 41.1 Å². The van der Waals surface area contributed by atoms with Gasteiger partial charge < -0.3 is 39.9 Å². The van der Waals surface area contributed by atoms with E-state index in [4.69, 9.17) is 25.0 Å². The third kappa shape index (κ3) is 11.0. The van der Waals surface area contributed by atoms with Crippen molar-refractivity contribution >= 4 is 29.4 Å². The highest BCUT2D eigenvalue weighted by Gasteiger charge is 2.43. The van der Waals surface area contributed by atoms with Gasteiger partial charge in [-0.1, -0.05) is 42.2 Å². The zero-order valence-electron chi connectivity index (χ0n) is 21.7. The molecule has 8 N–H and O–H groups in total. The fourth-order valence-corrected chi connectivity index (χ4v) is 6.63. The summed E-state index contributed by atoms with van der Waals surface area (Å²) in [5.74, 6) is 4.26. The number of phosphoric acid groups is 3. The van der Waals surface area contributed by atoms with Crippen LogP contribution in [0.15, 0.2) is 46.1 Å². The van der Waals surface area contributed by atoms with E-state index in [-0.39, 0.29) is 18.4 Å². The number of aromatic amines is 1. The van der Waals surface area contributed by atoms with Gasteiger partial charge in [-0.05, 0) is 5.56 Å². The molecule has 2 heterocycles. The summed E-state index contributed by atoms with van der Waals surface area (Å²) in [6.07, 6.45) is -3.54. The van der Waals surface area contributed by atoms with E-state index in [9.17, 15) is 43.0 Å². The van der Waals surface area contributed by atoms with Crippen molar-refractivity contribution in [3.8, 4) is 11.8 Å². The molecule has 0 aliphatic carbocycles. The monoisotopic (exact) mass is 669 g/mol. The van der Waals surface area contributed by atoms with Gasteiger partial charge in [0.1, 0.15) is 17.9 Å². The van der Waals surface area contributed by atoms with E-state index in [1.165, 1.54) is 0 Å². The molecule has 1 fully saturated rings. The number of hydrogen-bond donors (Lipinski definition) is 7. The Morgan fingerprint density at radius 3 is 2.44 bits per heavy atom. The molecule has 0 amide bonds. The highest BCUT2D eigenvalue weighted by atomic mass is 31.3. The number of nitrogens with two attached hydrogens (primary N) is 1. The van der Waals surface area contributed by atoms with Crippen LogP contribution in [0.2, 0.25) is 0 Å². The number of carbonyl (C=O) groups is 1. The minimum atomic E-state index is -5.76. The van der Waals surface area contributed by atoms with Crippen LogP contribution in [0.1, 0.15) is 36.2 Å². The van der Waals surface area contributed by atoms with Crippen LogP contribution < -0.4 is 17.0 Å². The van der Waals surface area contributed by atoms with Gasteiger partial charge in [0.15, 0.2) is 6.61 Å². The molecule has 0 spiro atoms. The van der Waals surface area contributed by atoms with E-state index < -0.39 is 78.4 Å². The predicted octanol–water partition coefficient (Wildman–Crippen LogP) is -0.487. The van der Waals surface area contributed by atoms with Crippen molar-refractivity contribution < 1.29 is 65.8 Å². The van der Waals surface area contributed by atoms with Gasteiger partial charge in [0.05, 0.1) is 19.1 Å². The fourth-order valence-electron chi connectivity index (χ4n) is 3.60. The van der Waals surface area contributed by atoms with E-state index in [1.54, 1.807) is 30.3 Å². The summed E-state index contributed by atoms with van der Waals surface area (Å²) in [5.41, 5.74) is 4.61. The smallest absolute Gasteiger partial charge is 0.452 e. The first-order chi connectivity index (χ1) is 19.9. The van der Waals surface area contributed by atoms with Gasteiger partial charge in [-0.25, -0.2) is 18.5 Å². The van der Waals surface area contributed by atoms with E-state index in [0.29, 0.717) is 0 Å². The second kappa shape index (κ2) is 14.3. The molecule has 1 saturated heterocycles. The van der Waals surface area contributed by atoms with Gasteiger partial charge in [0, 0.05) is 18.7 Å². The molecule has 0 radical (unpaired) electrons. The van der Waals surface area contributed by atoms with Crippen molar-refractivity contribution in [3.63, 3.8) is 0 Å². The number of aromatic nitrogens is 2. The van der Waals surface area contributed by atoms with Crippen molar-refractivity contribution in [1.29, 1.82) is 0 Å². The van der Waals surface area contributed by atoms with Crippen LogP contribution in [0.3, 0.4) is 0 Å². The van der Waals surface area contributed by atoms with Gasteiger partial charge in [-0.2, -0.15) is 8.62 Å². The second-order valence-electron chi connectivity index (χ2n) is 8.71. The Kier molecular flexibility index (Phi) is 11.6. The molecule has 19 nitrogen and oxygen atoms in total. The lowest BCUT2D eigenvalue weighted by Crippen LogP contribution is -2.33. The summed E-state index contributed by atoms with van der Waals surface area (Å²) >= 11 is 0. The predicted molar refractivity (Wildman–Crippen MR) is 141 cm³/mol. The van der Waals surface area contributed by atoms with Gasteiger partial charge in [0.25, 0.3) is 5.56 Å². The maximum absolute atomic E-state index is 12.4. The molecule has 0 bridgehead atoms. The van der Waals surface area contributed by atoms with Crippen LogP contribution in [0, 0.1) is 11.8 Å². The SMILES string of the molecule is NC(CC(=O)OCC#Cc1cn(C2CC(O)C(COP(=O)(O)OP(=O)(O)OP(=O)(O)O)O2)c(=O)[nH]c1=O)c1ccccc1. The van der Waals surface area contributed by atoms with Crippen LogP contribution in [0.4, 0.5) is 0 Å². The number of ether oxygens (including phenoxy) is 2. The summed E-state index contributed by atoms with van der Waals surface area (Å²) < 4.78 is 57.0. The van der Waals surface area contributed by atoms with Crippen LogP contribution in [0.5, 0.6) is 0 Å². The molecule has 236 valence electrons. The average Bonchev–Trinajstić information content (AvgIpc) is 3.24. The quantitative estimate of drug-likeness (QED) is 0.0852. The number of aliphatic hydroxyl groups excluding tert-OH is 1. The third-order valence-corrected chi connectivity index (χ3v) is 9.25. The van der Waals surface area contributed by atoms with Gasteiger partial charge in [0.2, 0.25) is 0 Å². The van der Waals surface area contributed by atoms with Crippen molar-refractivity contribution in [2.24, 2.45) is 5.73 Å². The summed E-state index contributed by atoms with van der Waals surface area (Å²) in [5, 5.41) is 10.3. The summed E-state index contributed by atoms with van der Waals surface area (Å²) in [7, 11) is -16.8. The first kappa shape index (κ1) is 34.7. The van der Waals surface area contributed by atoms with E-state index in [1.807, 2.05) is 4.98 Å². The van der Waals surface area contributed by atoms with E-state index in [2.05, 4.69) is 25.0 Å². The lowest BCUT2D eigenvalue weighted by Gasteiger charge is -2.19. The molecule has 1 aliphatic rings. The molecule has 1 aliphatic heterocycles. The number of nitrogens with zero attached hydrogens (tertiary/aromatic N) is 1. The zero-order chi connectivity index (χ0) is 32.0. The zero-order valence-corrected chi connectivity index (χ0v) is 24.4. The molecule has 6 atom stereocenters. The fraction of sp³-hybridized carbons (Fsp3) is 0.381. The van der Waals surface area contributed by atoms with Crippen LogP contribution >= 0.6 is 23.5 Å². The maximum Gasteiger partial charge on any atom is 0.490 e. The summed E-state index contributed by atoms with van der Waals surface area (Å²) in [4.78, 5) is 74.5. The standard InChI is InChI=1S/C21H26N3O16P3/c22-15(13-5-2-1-3-6-13)9-19(26)36-8-4-7-14-11-24(21(28)23-20(14)27)18-10-16(25)17(38-18)12-37-42(32,33)40-43(34,35)39-41(29,30)31/h1-3,5-6,11,15-18,25H,8-10,12,22H2,(H,32,33)(H,34,35)(H,23,27,28)(H2,29,30,31). The maximum atomic E-state index is 12.4. The number of aliphatic hydroxyl groups is 1. The minimum absolute atomic E-state index is 0.123. The Balaban J connectivity index is 1.59. The largest absolute Gasteiger partial charge is 0.490 e. The van der Waals surface area contributed by atoms with Gasteiger partial charge in [-0.15, -0.1) is 0 Å². The normalized spacial score (nSPS) is 22.0. The number of esters is 1. The molecule has 6 unspecified atom stereocenters. The first-order valence-electron chi connectivity index (χ1n) is 11.9. The number of rotatable bonds is 12. The molecule has 43 heavy (non-hydrogen) atoms. The Labute approximate surface area is 241 Å². The van der Waals surface area contributed by atoms with Crippen molar-refractivity contribution in [2.45, 2.75) is 37.3 Å². The van der Waals surface area contributed by atoms with E-state index >= 15 is 0 Å². The number of benzene rings is 1. The average molecular weight is 669 g/mol. The molecule has 1 aromatic carbocycles. The minimum Gasteiger partial charge on any atom is -0.452 e. The molecule has 1 aromatic heterocycles. The molecule has 2 aromatic rings. The molecular weight excluding hydrogens is 643 g/mol. The van der Waals surface area contributed by atoms with Crippen molar-refractivity contribution in [1.82, 2.24) is 9.55 Å². The van der Waals surface area contributed by atoms with Gasteiger partial charge >= 0.3 is 35.1 Å². The number of phosphoric ester groups is 1. The third-order valence-electron chi connectivity index (χ3n) is 5.44. The van der Waals surface area contributed by atoms with Crippen molar-refractivity contribution in [3.05, 3.63) is 68.5 Å². The summed E-state index contributed by atoms with van der Waals surface area (Å²) in [6, 6.07) is 8.25. The van der Waals surface area contributed by atoms with Crippen LogP contribution in [-0.4, -0.2) is 65.6 Å². The lowest BCUT2D eigenvalue weighted by atomic mass is 10.1. The van der Waals surface area contributed by atoms with Crippen LogP contribution in [0.25, 0.3) is 0 Å². The van der Waals surface area contributed by atoms with Gasteiger partial charge in [-0.3, -0.25) is 23.7 Å². The first-order valence-corrected chi connectivity index (χ1v) is 16.4. The Hall–Kier alpha value is -2.78. The number of hydrogen-bond acceptors (Lipinski definition) is 13. The second-order valence-corrected chi connectivity index (χ2v) is 13.1. The number of H-pyrrole nitrogens is 1. The molecule has 22 heteroatoms. The Morgan fingerprint density at radius 2 is 1.79 bits per heavy atom. The highest BCUT2D eigenvalue weighted by Crippen LogP contribution is 2.66. The summed E-state index contributed by atoms with van der Waals surface area (Å²) in [6.45, 7) is -1.37. The molecular formula is C21H26N3O16P3. The molecule has 0 saturated carbocycles. The van der Waals surface area contributed by atoms with Crippen molar-refractivity contribution in [2.75, 3.05) is 13.2 Å². The van der Waals surface area contributed by atoms with E-state index in [0.717, 1.165) is 16.3 Å². The Morgan fingerprint density at radius 1 is 1.12 bits per heavy atom. The number of nitrogens with one attached hydrogen (secondary N) is 1.